The number of imidazole rings is 1. The summed E-state index contributed by atoms with van der Waals surface area (Å²) in [5.74, 6) is 0.00905. The first-order chi connectivity index (χ1) is 32.1. The van der Waals surface area contributed by atoms with E-state index in [4.69, 9.17) is 19.5 Å². The van der Waals surface area contributed by atoms with E-state index in [1.165, 1.54) is 5.56 Å². The van der Waals surface area contributed by atoms with Crippen molar-refractivity contribution in [1.82, 2.24) is 48.3 Å². The van der Waals surface area contributed by atoms with Crippen LogP contribution in [0, 0.1) is 32.5 Å². The van der Waals surface area contributed by atoms with Crippen LogP contribution < -0.4 is 11.4 Å². The summed E-state index contributed by atoms with van der Waals surface area (Å²) < 4.78 is 35.5. The van der Waals surface area contributed by atoms with Crippen molar-refractivity contribution in [3.63, 3.8) is 0 Å². The summed E-state index contributed by atoms with van der Waals surface area (Å²) in [4.78, 5) is 47.7. The summed E-state index contributed by atoms with van der Waals surface area (Å²) in [5.41, 5.74) is 6.80. The van der Waals surface area contributed by atoms with Gasteiger partial charge in [-0.05, 0) is 150 Å². The van der Waals surface area contributed by atoms with E-state index < -0.39 is 17.3 Å². The molecular formula is C51H53FN10O5. The number of halogens is 1. The van der Waals surface area contributed by atoms with E-state index in [9.17, 15) is 9.59 Å². The molecule has 8 aromatic rings. The van der Waals surface area contributed by atoms with Crippen LogP contribution in [0.1, 0.15) is 128 Å². The van der Waals surface area contributed by atoms with Crippen molar-refractivity contribution in [2.45, 2.75) is 116 Å². The molecule has 0 spiro atoms. The van der Waals surface area contributed by atoms with Crippen molar-refractivity contribution in [3.8, 4) is 17.2 Å². The van der Waals surface area contributed by atoms with Crippen LogP contribution in [0.5, 0.6) is 0 Å². The topological polar surface area (TPSA) is 156 Å². The molecule has 344 valence electrons. The number of rotatable bonds is 8. The summed E-state index contributed by atoms with van der Waals surface area (Å²) in [6.07, 6.45) is 10.4. The van der Waals surface area contributed by atoms with Crippen LogP contribution in [0.15, 0.2) is 81.2 Å². The van der Waals surface area contributed by atoms with Crippen LogP contribution in [0.4, 0.5) is 4.39 Å². The van der Waals surface area contributed by atoms with Crippen LogP contribution in [-0.4, -0.2) is 73.0 Å². The molecule has 16 heteroatoms. The summed E-state index contributed by atoms with van der Waals surface area (Å²) in [7, 11) is 0. The molecule has 0 unspecified atom stereocenters. The standard InChI is InChI=1S/C51H53FN10O5/c1-27-20-36(21-28(2)44(27)52)62-45(59-18-17-58(49(59)65)39-12-13-41-37(30(39)4)26-53-61(41)35-9-10-35)43-31(5)57(16-14-38(43)55-62)46(63)42-23-34-22-32(33-15-19-66-50(6,7)25-33)8-11-40(34)60(42)51(24-29(51)3)47-54-48(64)67-56-47/h8,11-13,17-18,20-23,26,29,31,33,35H,9-10,14-16,19,24-25H2,1-7H3,(H,54,56,64)/t29-,31-,33-,51-/m0/s1. The summed E-state index contributed by atoms with van der Waals surface area (Å²) in [5, 5.41) is 16.0. The lowest BCUT2D eigenvalue weighted by Gasteiger charge is -2.35. The number of ether oxygens (including phenoxy) is 1. The first kappa shape index (κ1) is 41.6. The van der Waals surface area contributed by atoms with E-state index in [1.807, 2.05) is 43.1 Å². The average Bonchev–Trinajstić information content (AvgIpc) is 3.82. The summed E-state index contributed by atoms with van der Waals surface area (Å²) in [6.45, 7) is 14.8. The van der Waals surface area contributed by atoms with Crippen LogP contribution in [-0.2, 0) is 16.7 Å². The van der Waals surface area contributed by atoms with Crippen molar-refractivity contribution >= 4 is 27.7 Å². The smallest absolute Gasteiger partial charge is 0.376 e. The van der Waals surface area contributed by atoms with Crippen molar-refractivity contribution < 1.29 is 18.4 Å². The number of hydrogen-bond acceptors (Lipinski definition) is 8. The molecule has 4 atom stereocenters. The van der Waals surface area contributed by atoms with E-state index in [-0.39, 0.29) is 34.9 Å². The highest BCUT2D eigenvalue weighted by atomic mass is 19.1. The Balaban J connectivity index is 0.994. The minimum Gasteiger partial charge on any atom is -0.376 e. The largest absolute Gasteiger partial charge is 0.438 e. The number of nitrogens with one attached hydrogen (secondary N) is 1. The van der Waals surface area contributed by atoms with Gasteiger partial charge in [0.05, 0.1) is 46.5 Å². The van der Waals surface area contributed by atoms with Crippen LogP contribution >= 0.6 is 0 Å². The normalized spacial score (nSPS) is 22.5. The lowest BCUT2D eigenvalue weighted by molar-refractivity contribution is -0.0592. The predicted octanol–water partition coefficient (Wildman–Crippen LogP) is 8.41. The lowest BCUT2D eigenvalue weighted by Crippen LogP contribution is -2.41. The molecule has 0 radical (unpaired) electrons. The van der Waals surface area contributed by atoms with Gasteiger partial charge in [0, 0.05) is 53.8 Å². The SMILES string of the molecule is Cc1cc(-n2nc3c(c2-n2ccn(-c4ccc5c(cnn5C5CC5)c4C)c2=O)[C@H](C)N(C(=O)c2cc4cc([C@H]5CCOC(C)(C)C5)ccc4n2[C@@]2(c4noc(=O)[nH]4)C[C@@H]2C)CC3)cc(C)c1F. The Morgan fingerprint density at radius 2 is 1.67 bits per heavy atom. The molecule has 12 rings (SSSR count). The van der Waals surface area contributed by atoms with Gasteiger partial charge in [0.25, 0.3) is 5.91 Å². The molecular weight excluding hydrogens is 852 g/mol. The fourth-order valence-electron chi connectivity index (χ4n) is 11.5. The van der Waals surface area contributed by atoms with Crippen LogP contribution in [0.3, 0.4) is 0 Å². The maximum atomic E-state index is 15.6. The third-order valence-electron chi connectivity index (χ3n) is 15.3. The number of amides is 1. The minimum absolute atomic E-state index is 0.0267. The molecule has 1 amide bonds. The molecule has 3 aromatic carbocycles. The molecule has 15 nitrogen and oxygen atoms in total. The van der Waals surface area contributed by atoms with Gasteiger partial charge in [0.2, 0.25) is 0 Å². The van der Waals surface area contributed by atoms with Gasteiger partial charge >= 0.3 is 11.4 Å². The number of aryl methyl sites for hydroxylation is 3. The molecule has 1 N–H and O–H groups in total. The van der Waals surface area contributed by atoms with Gasteiger partial charge in [-0.25, -0.2) is 18.7 Å². The number of aromatic nitrogens is 9. The highest BCUT2D eigenvalue weighted by Crippen LogP contribution is 2.56. The van der Waals surface area contributed by atoms with Crippen LogP contribution in [0.25, 0.3) is 39.0 Å². The molecule has 2 aliphatic heterocycles. The Labute approximate surface area is 384 Å². The Bertz CT molecular complexity index is 3460. The molecule has 7 heterocycles. The van der Waals surface area contributed by atoms with Crippen molar-refractivity contribution in [2.75, 3.05) is 13.2 Å². The number of H-pyrrole nitrogens is 1. The number of hydrogen-bond donors (Lipinski definition) is 1. The number of nitrogens with zero attached hydrogens (tertiary/aromatic N) is 9. The molecule has 2 saturated carbocycles. The number of fused-ring (bicyclic) bond motifs is 3. The average molecular weight is 905 g/mol. The second kappa shape index (κ2) is 14.6. The quantitative estimate of drug-likeness (QED) is 0.159. The maximum Gasteiger partial charge on any atom is 0.438 e. The zero-order chi connectivity index (χ0) is 46.4. The summed E-state index contributed by atoms with van der Waals surface area (Å²) >= 11 is 0. The minimum atomic E-state index is -0.826. The highest BCUT2D eigenvalue weighted by Gasteiger charge is 2.59. The lowest BCUT2D eigenvalue weighted by atomic mass is 9.83. The zero-order valence-corrected chi connectivity index (χ0v) is 38.8. The first-order valence-corrected chi connectivity index (χ1v) is 23.5. The van der Waals surface area contributed by atoms with E-state index in [1.54, 1.807) is 52.2 Å². The van der Waals surface area contributed by atoms with Gasteiger partial charge in [-0.2, -0.15) is 10.2 Å². The molecule has 2 aliphatic carbocycles. The van der Waals surface area contributed by atoms with E-state index in [0.717, 1.165) is 70.0 Å². The molecule has 1 saturated heterocycles. The van der Waals surface area contributed by atoms with Crippen molar-refractivity contribution in [2.24, 2.45) is 5.92 Å². The number of aromatic amines is 1. The van der Waals surface area contributed by atoms with Gasteiger partial charge < -0.3 is 14.2 Å². The maximum absolute atomic E-state index is 15.6. The number of carbonyl (C=O) groups is 1. The number of benzene rings is 3. The molecule has 4 aliphatic rings. The Morgan fingerprint density at radius 3 is 2.37 bits per heavy atom. The van der Waals surface area contributed by atoms with Gasteiger partial charge in [-0.1, -0.05) is 18.1 Å². The predicted molar refractivity (Wildman–Crippen MR) is 249 cm³/mol. The van der Waals surface area contributed by atoms with Crippen molar-refractivity contribution in [3.05, 3.63) is 139 Å². The van der Waals surface area contributed by atoms with Gasteiger partial charge in [-0.15, -0.1) is 0 Å². The second-order valence-corrected chi connectivity index (χ2v) is 20.2. The van der Waals surface area contributed by atoms with E-state index in [2.05, 4.69) is 58.4 Å². The van der Waals surface area contributed by atoms with Gasteiger partial charge in [-0.3, -0.25) is 28.1 Å². The zero-order valence-electron chi connectivity index (χ0n) is 38.8. The Morgan fingerprint density at radius 1 is 0.925 bits per heavy atom. The molecule has 0 bridgehead atoms. The fraction of sp³-hybridized carbons (Fsp3) is 0.412. The third kappa shape index (κ3) is 6.31. The Kier molecular flexibility index (Phi) is 9.06. The van der Waals surface area contributed by atoms with E-state index >= 15 is 9.18 Å². The van der Waals surface area contributed by atoms with E-state index in [0.29, 0.717) is 66.2 Å². The van der Waals surface area contributed by atoms with Crippen molar-refractivity contribution in [1.29, 1.82) is 0 Å². The fourth-order valence-corrected chi connectivity index (χ4v) is 11.5. The monoisotopic (exact) mass is 904 g/mol. The molecule has 67 heavy (non-hydrogen) atoms. The Hall–Kier alpha value is -6.81. The molecule has 5 aromatic heterocycles. The third-order valence-corrected chi connectivity index (χ3v) is 15.3. The highest BCUT2D eigenvalue weighted by molar-refractivity contribution is 6.00. The summed E-state index contributed by atoms with van der Waals surface area (Å²) in [6, 6.07) is 15.8. The second-order valence-electron chi connectivity index (χ2n) is 20.2. The first-order valence-electron chi connectivity index (χ1n) is 23.5. The molecule has 3 fully saturated rings. The van der Waals surface area contributed by atoms with Gasteiger partial charge in [0.15, 0.2) is 5.82 Å². The number of carbonyl (C=O) groups excluding carboxylic acids is 1. The van der Waals surface area contributed by atoms with Crippen LogP contribution in [0.2, 0.25) is 0 Å². The van der Waals surface area contributed by atoms with Gasteiger partial charge in [0.1, 0.15) is 22.9 Å².